The van der Waals surface area contributed by atoms with Gasteiger partial charge in [0.2, 0.25) is 0 Å². The van der Waals surface area contributed by atoms with E-state index in [0.29, 0.717) is 10.7 Å². The summed E-state index contributed by atoms with van der Waals surface area (Å²) in [5.74, 6) is 0.774. The molecule has 0 aliphatic carbocycles. The van der Waals surface area contributed by atoms with Crippen LogP contribution in [0.3, 0.4) is 0 Å². The summed E-state index contributed by atoms with van der Waals surface area (Å²) in [4.78, 5) is 4.45. The molecule has 0 amide bonds. The Morgan fingerprint density at radius 2 is 2.06 bits per heavy atom. The fourth-order valence-electron chi connectivity index (χ4n) is 1.52. The molecular weight excluding hydrogens is 246 g/mol. The first kappa shape index (κ1) is 12.3. The third-order valence-electron chi connectivity index (χ3n) is 2.40. The number of hydrogen-bond acceptors (Lipinski definition) is 4. The summed E-state index contributed by atoms with van der Waals surface area (Å²) in [7, 11) is 1.63. The lowest BCUT2D eigenvalue weighted by Gasteiger charge is -2.10. The Balaban J connectivity index is 2.21. The van der Waals surface area contributed by atoms with Crippen LogP contribution in [0.1, 0.15) is 5.69 Å². The predicted octanol–water partition coefficient (Wildman–Crippen LogP) is 2.47. The van der Waals surface area contributed by atoms with Crippen LogP contribution in [0, 0.1) is 0 Å². The molecule has 0 radical (unpaired) electrons. The minimum atomic E-state index is 0.291. The first-order chi connectivity index (χ1) is 8.70. The number of nitrogens with one attached hydrogen (secondary N) is 1. The first-order valence-corrected chi connectivity index (χ1v) is 5.77. The minimum Gasteiger partial charge on any atom is -0.495 e. The summed E-state index contributed by atoms with van der Waals surface area (Å²) in [6, 6.07) is 11.3. The second-order valence-electron chi connectivity index (χ2n) is 3.62. The molecule has 0 saturated carbocycles. The number of anilines is 2. The molecule has 0 unspecified atom stereocenters. The molecule has 2 aromatic rings. The second kappa shape index (κ2) is 5.46. The Kier molecular flexibility index (Phi) is 3.74. The van der Waals surface area contributed by atoms with Crippen LogP contribution in [-0.2, 0) is 0 Å². The lowest BCUT2D eigenvalue weighted by Crippen LogP contribution is -2.11. The Morgan fingerprint density at radius 1 is 1.28 bits per heavy atom. The summed E-state index contributed by atoms with van der Waals surface area (Å²) >= 11 is 4.85. The van der Waals surface area contributed by atoms with Gasteiger partial charge in [-0.1, -0.05) is 24.4 Å². The van der Waals surface area contributed by atoms with Crippen LogP contribution in [0.15, 0.2) is 42.6 Å². The van der Waals surface area contributed by atoms with Crippen LogP contribution in [0.2, 0.25) is 0 Å². The molecule has 0 saturated heterocycles. The molecule has 0 spiro atoms. The summed E-state index contributed by atoms with van der Waals surface area (Å²) in [6.07, 6.45) is 1.68. The number of rotatable bonds is 4. The van der Waals surface area contributed by atoms with E-state index in [4.69, 9.17) is 22.7 Å². The quantitative estimate of drug-likeness (QED) is 0.826. The smallest absolute Gasteiger partial charge is 0.142 e. The van der Waals surface area contributed by atoms with E-state index in [-0.39, 0.29) is 0 Å². The zero-order chi connectivity index (χ0) is 13.0. The highest BCUT2D eigenvalue weighted by molar-refractivity contribution is 7.80. The molecule has 3 N–H and O–H groups in total. The zero-order valence-corrected chi connectivity index (χ0v) is 10.7. The number of hydrogen-bond donors (Lipinski definition) is 2. The fraction of sp³-hybridized carbons (Fsp3) is 0.0769. The van der Waals surface area contributed by atoms with Crippen molar-refractivity contribution < 1.29 is 4.74 Å². The normalized spacial score (nSPS) is 9.83. The number of aromatic nitrogens is 1. The van der Waals surface area contributed by atoms with E-state index in [2.05, 4.69) is 10.3 Å². The molecule has 4 nitrogen and oxygen atoms in total. The Bertz CT molecular complexity index is 554. The van der Waals surface area contributed by atoms with Crippen molar-refractivity contribution in [1.29, 1.82) is 0 Å². The van der Waals surface area contributed by atoms with Gasteiger partial charge in [-0.3, -0.25) is 4.98 Å². The van der Waals surface area contributed by atoms with E-state index >= 15 is 0 Å². The van der Waals surface area contributed by atoms with E-state index in [1.165, 1.54) is 0 Å². The van der Waals surface area contributed by atoms with E-state index in [0.717, 1.165) is 17.1 Å². The van der Waals surface area contributed by atoms with Gasteiger partial charge in [0.05, 0.1) is 30.4 Å². The first-order valence-electron chi connectivity index (χ1n) is 5.36. The third-order valence-corrected chi connectivity index (χ3v) is 2.61. The number of thiocarbonyl (C=S) groups is 1. The molecule has 2 rings (SSSR count). The van der Waals surface area contributed by atoms with Gasteiger partial charge in [-0.05, 0) is 24.3 Å². The highest BCUT2D eigenvalue weighted by Gasteiger charge is 2.03. The molecule has 0 aliphatic heterocycles. The lowest BCUT2D eigenvalue weighted by atomic mass is 10.2. The SMILES string of the molecule is COc1ccccc1Nc1ccc(C(N)=S)nc1. The maximum Gasteiger partial charge on any atom is 0.142 e. The van der Waals surface area contributed by atoms with Crippen molar-refractivity contribution >= 4 is 28.6 Å². The van der Waals surface area contributed by atoms with Crippen LogP contribution >= 0.6 is 12.2 Å². The Morgan fingerprint density at radius 3 is 2.67 bits per heavy atom. The van der Waals surface area contributed by atoms with Crippen LogP contribution in [0.4, 0.5) is 11.4 Å². The number of ether oxygens (including phenoxy) is 1. The van der Waals surface area contributed by atoms with E-state index in [9.17, 15) is 0 Å². The van der Waals surface area contributed by atoms with Crippen molar-refractivity contribution in [2.45, 2.75) is 0 Å². The molecule has 18 heavy (non-hydrogen) atoms. The molecule has 1 aromatic carbocycles. The van der Waals surface area contributed by atoms with Gasteiger partial charge in [-0.25, -0.2) is 0 Å². The molecule has 92 valence electrons. The Labute approximate surface area is 111 Å². The molecule has 0 fully saturated rings. The highest BCUT2D eigenvalue weighted by Crippen LogP contribution is 2.26. The molecule has 0 atom stereocenters. The van der Waals surface area contributed by atoms with Gasteiger partial charge in [-0.15, -0.1) is 0 Å². The van der Waals surface area contributed by atoms with Gasteiger partial charge in [0, 0.05) is 0 Å². The monoisotopic (exact) mass is 259 g/mol. The third kappa shape index (κ3) is 2.75. The van der Waals surface area contributed by atoms with Crippen molar-refractivity contribution in [3.63, 3.8) is 0 Å². The van der Waals surface area contributed by atoms with E-state index < -0.39 is 0 Å². The fourth-order valence-corrected chi connectivity index (χ4v) is 1.64. The van der Waals surface area contributed by atoms with E-state index in [1.54, 1.807) is 19.4 Å². The van der Waals surface area contributed by atoms with Gasteiger partial charge >= 0.3 is 0 Å². The molecule has 0 aliphatic rings. The average Bonchev–Trinajstić information content (AvgIpc) is 2.40. The summed E-state index contributed by atoms with van der Waals surface area (Å²) in [5.41, 5.74) is 7.82. The summed E-state index contributed by atoms with van der Waals surface area (Å²) in [6.45, 7) is 0. The molecule has 5 heteroatoms. The van der Waals surface area contributed by atoms with Crippen LogP contribution in [-0.4, -0.2) is 17.1 Å². The molecule has 0 bridgehead atoms. The lowest BCUT2D eigenvalue weighted by molar-refractivity contribution is 0.417. The van der Waals surface area contributed by atoms with Gasteiger partial charge in [0.15, 0.2) is 0 Å². The molecular formula is C13H13N3OS. The summed E-state index contributed by atoms with van der Waals surface area (Å²) in [5, 5.41) is 3.22. The van der Waals surface area contributed by atoms with Crippen molar-refractivity contribution in [3.8, 4) is 5.75 Å². The highest BCUT2D eigenvalue weighted by atomic mass is 32.1. The minimum absolute atomic E-state index is 0.291. The number of pyridine rings is 1. The Hall–Kier alpha value is -2.14. The van der Waals surface area contributed by atoms with Crippen LogP contribution in [0.5, 0.6) is 5.75 Å². The largest absolute Gasteiger partial charge is 0.495 e. The molecule has 1 heterocycles. The maximum absolute atomic E-state index is 5.49. The number of nitrogens with zero attached hydrogens (tertiary/aromatic N) is 1. The second-order valence-corrected chi connectivity index (χ2v) is 4.06. The van der Waals surface area contributed by atoms with Crippen LogP contribution < -0.4 is 15.8 Å². The van der Waals surface area contributed by atoms with Crippen LogP contribution in [0.25, 0.3) is 0 Å². The van der Waals surface area contributed by atoms with Gasteiger partial charge in [0.25, 0.3) is 0 Å². The van der Waals surface area contributed by atoms with Crippen molar-refractivity contribution in [3.05, 3.63) is 48.3 Å². The number of para-hydroxylation sites is 2. The van der Waals surface area contributed by atoms with Crippen molar-refractivity contribution in [2.75, 3.05) is 12.4 Å². The maximum atomic E-state index is 5.49. The van der Waals surface area contributed by atoms with Gasteiger partial charge in [0.1, 0.15) is 10.7 Å². The van der Waals surface area contributed by atoms with E-state index in [1.807, 2.05) is 30.3 Å². The van der Waals surface area contributed by atoms with Gasteiger partial charge in [-0.2, -0.15) is 0 Å². The van der Waals surface area contributed by atoms with Gasteiger partial charge < -0.3 is 15.8 Å². The van der Waals surface area contributed by atoms with Crippen molar-refractivity contribution in [1.82, 2.24) is 4.98 Å². The topological polar surface area (TPSA) is 60.2 Å². The van der Waals surface area contributed by atoms with Crippen molar-refractivity contribution in [2.24, 2.45) is 5.73 Å². The molecule has 1 aromatic heterocycles. The standard InChI is InChI=1S/C13H13N3OS/c1-17-12-5-3-2-4-10(12)16-9-6-7-11(13(14)18)15-8-9/h2-8,16H,1H3,(H2,14,18). The predicted molar refractivity (Wildman–Crippen MR) is 76.4 cm³/mol. The number of benzene rings is 1. The average molecular weight is 259 g/mol. The number of methoxy groups -OCH3 is 1. The number of nitrogens with two attached hydrogens (primary N) is 1. The summed E-state index contributed by atoms with van der Waals surface area (Å²) < 4.78 is 5.26. The zero-order valence-electron chi connectivity index (χ0n) is 9.88.